The van der Waals surface area contributed by atoms with Crippen molar-refractivity contribution in [2.75, 3.05) is 26.2 Å². The van der Waals surface area contributed by atoms with Crippen LogP contribution < -0.4 is 0 Å². The maximum atomic E-state index is 12.8. The Hall–Kier alpha value is -0.730. The van der Waals surface area contributed by atoms with E-state index in [4.69, 9.17) is 0 Å². The summed E-state index contributed by atoms with van der Waals surface area (Å²) >= 11 is 6.71. The SMILES string of the molecule is O=S(=O)(c1ccc(Br)cc1Br)N1CCN(Cc2ccccc2)CC1. The fraction of sp³-hybridized carbons (Fsp3) is 0.294. The maximum absolute atomic E-state index is 12.8. The van der Waals surface area contributed by atoms with Crippen LogP contribution in [0.5, 0.6) is 0 Å². The van der Waals surface area contributed by atoms with E-state index in [1.165, 1.54) is 5.56 Å². The van der Waals surface area contributed by atoms with Gasteiger partial charge in [-0.15, -0.1) is 0 Å². The average Bonchev–Trinajstić information content (AvgIpc) is 2.56. The van der Waals surface area contributed by atoms with Crippen molar-refractivity contribution in [3.05, 3.63) is 63.0 Å². The van der Waals surface area contributed by atoms with Crippen LogP contribution in [0.1, 0.15) is 5.56 Å². The van der Waals surface area contributed by atoms with Gasteiger partial charge < -0.3 is 0 Å². The highest BCUT2D eigenvalue weighted by Crippen LogP contribution is 2.28. The van der Waals surface area contributed by atoms with Crippen LogP contribution in [0, 0.1) is 0 Å². The van der Waals surface area contributed by atoms with E-state index in [1.807, 2.05) is 18.2 Å². The molecule has 3 rings (SSSR count). The van der Waals surface area contributed by atoms with Crippen molar-refractivity contribution in [3.8, 4) is 0 Å². The molecule has 24 heavy (non-hydrogen) atoms. The van der Waals surface area contributed by atoms with Gasteiger partial charge in [-0.25, -0.2) is 8.42 Å². The van der Waals surface area contributed by atoms with Gasteiger partial charge in [-0.1, -0.05) is 46.3 Å². The molecule has 0 unspecified atom stereocenters. The Labute approximate surface area is 159 Å². The number of hydrogen-bond donors (Lipinski definition) is 0. The van der Waals surface area contributed by atoms with Crippen molar-refractivity contribution in [2.24, 2.45) is 0 Å². The lowest BCUT2D eigenvalue weighted by atomic mass is 10.2. The van der Waals surface area contributed by atoms with Crippen molar-refractivity contribution in [3.63, 3.8) is 0 Å². The van der Waals surface area contributed by atoms with E-state index in [1.54, 1.807) is 22.5 Å². The van der Waals surface area contributed by atoms with Crippen LogP contribution in [0.25, 0.3) is 0 Å². The predicted octanol–water partition coefficient (Wildman–Crippen LogP) is 3.72. The van der Waals surface area contributed by atoms with Gasteiger partial charge in [0, 0.05) is 41.7 Å². The van der Waals surface area contributed by atoms with Crippen molar-refractivity contribution < 1.29 is 8.42 Å². The number of rotatable bonds is 4. The highest BCUT2D eigenvalue weighted by molar-refractivity contribution is 9.11. The summed E-state index contributed by atoms with van der Waals surface area (Å²) in [6.07, 6.45) is 0. The van der Waals surface area contributed by atoms with Crippen molar-refractivity contribution in [2.45, 2.75) is 11.4 Å². The molecule has 0 spiro atoms. The van der Waals surface area contributed by atoms with Gasteiger partial charge >= 0.3 is 0 Å². The highest BCUT2D eigenvalue weighted by Gasteiger charge is 2.29. The van der Waals surface area contributed by atoms with Gasteiger partial charge in [0.15, 0.2) is 0 Å². The summed E-state index contributed by atoms with van der Waals surface area (Å²) in [5, 5.41) is 0. The molecule has 7 heteroatoms. The molecular weight excluding hydrogens is 456 g/mol. The zero-order chi connectivity index (χ0) is 17.2. The summed E-state index contributed by atoms with van der Waals surface area (Å²) in [6, 6.07) is 15.4. The highest BCUT2D eigenvalue weighted by atomic mass is 79.9. The first-order valence-electron chi connectivity index (χ1n) is 7.68. The molecule has 2 aromatic carbocycles. The third-order valence-corrected chi connectivity index (χ3v) is 7.46. The van der Waals surface area contributed by atoms with E-state index in [-0.39, 0.29) is 0 Å². The first kappa shape index (κ1) is 18.1. The summed E-state index contributed by atoms with van der Waals surface area (Å²) in [5.41, 5.74) is 1.25. The van der Waals surface area contributed by atoms with Crippen molar-refractivity contribution in [1.82, 2.24) is 9.21 Å². The van der Waals surface area contributed by atoms with E-state index in [2.05, 4.69) is 48.9 Å². The molecule has 1 saturated heterocycles. The van der Waals surface area contributed by atoms with E-state index in [0.29, 0.717) is 22.5 Å². The lowest BCUT2D eigenvalue weighted by Crippen LogP contribution is -2.48. The Morgan fingerprint density at radius 1 is 0.917 bits per heavy atom. The third kappa shape index (κ3) is 4.08. The molecule has 0 amide bonds. The zero-order valence-corrected chi connectivity index (χ0v) is 17.0. The minimum Gasteiger partial charge on any atom is -0.296 e. The second-order valence-corrected chi connectivity index (χ2v) is 9.42. The Kier molecular flexibility index (Phi) is 5.77. The molecule has 0 atom stereocenters. The van der Waals surface area contributed by atoms with Gasteiger partial charge in [0.05, 0.1) is 4.90 Å². The maximum Gasteiger partial charge on any atom is 0.244 e. The molecular formula is C17H18Br2N2O2S. The van der Waals surface area contributed by atoms with Crippen LogP contribution in [-0.2, 0) is 16.6 Å². The van der Waals surface area contributed by atoms with E-state index in [9.17, 15) is 8.42 Å². The van der Waals surface area contributed by atoms with Crippen LogP contribution in [0.15, 0.2) is 62.4 Å². The molecule has 0 aromatic heterocycles. The van der Waals surface area contributed by atoms with Crippen molar-refractivity contribution in [1.29, 1.82) is 0 Å². The number of hydrogen-bond acceptors (Lipinski definition) is 3. The summed E-state index contributed by atoms with van der Waals surface area (Å²) in [7, 11) is -3.47. The summed E-state index contributed by atoms with van der Waals surface area (Å²) in [5.74, 6) is 0. The molecule has 128 valence electrons. The number of nitrogens with zero attached hydrogens (tertiary/aromatic N) is 2. The molecule has 1 aliphatic heterocycles. The molecule has 4 nitrogen and oxygen atoms in total. The van der Waals surface area contributed by atoms with Crippen molar-refractivity contribution >= 4 is 41.9 Å². The standard InChI is InChI=1S/C17H18Br2N2O2S/c18-15-6-7-17(16(19)12-15)24(22,23)21-10-8-20(9-11-21)13-14-4-2-1-3-5-14/h1-7,12H,8-11,13H2. The Balaban J connectivity index is 1.67. The Morgan fingerprint density at radius 2 is 1.58 bits per heavy atom. The molecule has 1 heterocycles. The normalized spacial score (nSPS) is 17.1. The third-order valence-electron chi connectivity index (χ3n) is 4.09. The van der Waals surface area contributed by atoms with Gasteiger partial charge in [0.1, 0.15) is 0 Å². The number of halogens is 2. The van der Waals surface area contributed by atoms with E-state index < -0.39 is 10.0 Å². The molecule has 0 saturated carbocycles. The average molecular weight is 474 g/mol. The van der Waals surface area contributed by atoms with Crippen LogP contribution >= 0.6 is 31.9 Å². The topological polar surface area (TPSA) is 40.6 Å². The first-order valence-corrected chi connectivity index (χ1v) is 10.7. The second kappa shape index (κ2) is 7.66. The van der Waals surface area contributed by atoms with E-state index >= 15 is 0 Å². The van der Waals surface area contributed by atoms with Crippen LogP contribution in [0.2, 0.25) is 0 Å². The smallest absolute Gasteiger partial charge is 0.244 e. The Morgan fingerprint density at radius 3 is 2.21 bits per heavy atom. The van der Waals surface area contributed by atoms with Crippen LogP contribution in [-0.4, -0.2) is 43.8 Å². The molecule has 2 aromatic rings. The van der Waals surface area contributed by atoms with Crippen LogP contribution in [0.4, 0.5) is 0 Å². The predicted molar refractivity (Wildman–Crippen MR) is 102 cm³/mol. The molecule has 1 fully saturated rings. The van der Waals surface area contributed by atoms with E-state index in [0.717, 1.165) is 24.1 Å². The van der Waals surface area contributed by atoms with Gasteiger partial charge in [-0.3, -0.25) is 4.90 Å². The molecule has 0 bridgehead atoms. The number of benzene rings is 2. The summed E-state index contributed by atoms with van der Waals surface area (Å²) in [4.78, 5) is 2.61. The summed E-state index contributed by atoms with van der Waals surface area (Å²) < 4.78 is 28.7. The largest absolute Gasteiger partial charge is 0.296 e. The van der Waals surface area contributed by atoms with Gasteiger partial charge in [0.2, 0.25) is 10.0 Å². The number of piperazine rings is 1. The fourth-order valence-electron chi connectivity index (χ4n) is 2.79. The molecule has 0 aliphatic carbocycles. The van der Waals surface area contributed by atoms with Gasteiger partial charge in [-0.2, -0.15) is 4.31 Å². The molecule has 1 aliphatic rings. The lowest BCUT2D eigenvalue weighted by Gasteiger charge is -2.34. The minimum absolute atomic E-state index is 0.321. The second-order valence-electron chi connectivity index (χ2n) is 5.74. The molecule has 0 N–H and O–H groups in total. The Bertz CT molecular complexity index is 805. The first-order chi connectivity index (χ1) is 11.5. The summed E-state index contributed by atoms with van der Waals surface area (Å²) in [6.45, 7) is 3.36. The van der Waals surface area contributed by atoms with Gasteiger partial charge in [0.25, 0.3) is 0 Å². The van der Waals surface area contributed by atoms with Crippen LogP contribution in [0.3, 0.4) is 0 Å². The van der Waals surface area contributed by atoms with Gasteiger partial charge in [-0.05, 0) is 39.7 Å². The minimum atomic E-state index is -3.47. The monoisotopic (exact) mass is 472 g/mol. The lowest BCUT2D eigenvalue weighted by molar-refractivity contribution is 0.181. The zero-order valence-electron chi connectivity index (χ0n) is 13.0. The fourth-order valence-corrected chi connectivity index (χ4v) is 5.92. The molecule has 0 radical (unpaired) electrons. The quantitative estimate of drug-likeness (QED) is 0.679. The number of sulfonamides is 1.